The Morgan fingerprint density at radius 1 is 1.32 bits per heavy atom. The van der Waals surface area contributed by atoms with Gasteiger partial charge in [-0.3, -0.25) is 4.79 Å². The van der Waals surface area contributed by atoms with E-state index in [0.717, 1.165) is 17.1 Å². The zero-order valence-corrected chi connectivity index (χ0v) is 12.7. The molecule has 7 nitrogen and oxygen atoms in total. The van der Waals surface area contributed by atoms with Crippen LogP contribution < -0.4 is 15.8 Å². The molecule has 0 saturated heterocycles. The molecule has 1 aromatic heterocycles. The standard InChI is InChI=1S/C15H20N4O3/c1-21-10-14(16)15(20)17-9-11-7-8-19(18-11)12-3-5-13(22-2)6-4-12/h3-8,14H,9-10,16H2,1-2H3,(H,17,20). The number of nitrogens with two attached hydrogens (primary N) is 1. The minimum absolute atomic E-state index is 0.187. The predicted octanol–water partition coefficient (Wildman–Crippen LogP) is 0.471. The van der Waals surface area contributed by atoms with E-state index in [4.69, 9.17) is 15.2 Å². The first-order valence-electron chi connectivity index (χ1n) is 6.85. The van der Waals surface area contributed by atoms with E-state index in [1.165, 1.54) is 7.11 Å². The molecule has 1 unspecified atom stereocenters. The van der Waals surface area contributed by atoms with Crippen LogP contribution in [-0.4, -0.2) is 42.6 Å². The van der Waals surface area contributed by atoms with Gasteiger partial charge in [-0.1, -0.05) is 0 Å². The number of benzene rings is 1. The number of ether oxygens (including phenoxy) is 2. The molecule has 0 aliphatic heterocycles. The van der Waals surface area contributed by atoms with Crippen molar-refractivity contribution in [3.8, 4) is 11.4 Å². The number of hydrogen-bond donors (Lipinski definition) is 2. The van der Waals surface area contributed by atoms with Crippen LogP contribution >= 0.6 is 0 Å². The van der Waals surface area contributed by atoms with E-state index in [2.05, 4.69) is 10.4 Å². The van der Waals surface area contributed by atoms with Crippen LogP contribution in [0.15, 0.2) is 36.5 Å². The lowest BCUT2D eigenvalue weighted by molar-refractivity contribution is -0.123. The zero-order chi connectivity index (χ0) is 15.9. The number of methoxy groups -OCH3 is 2. The van der Waals surface area contributed by atoms with Crippen molar-refractivity contribution >= 4 is 5.91 Å². The van der Waals surface area contributed by atoms with Gasteiger partial charge in [0.15, 0.2) is 0 Å². The van der Waals surface area contributed by atoms with Crippen molar-refractivity contribution < 1.29 is 14.3 Å². The molecule has 3 N–H and O–H groups in total. The number of nitrogens with one attached hydrogen (secondary N) is 1. The van der Waals surface area contributed by atoms with Gasteiger partial charge in [0.2, 0.25) is 5.91 Å². The van der Waals surface area contributed by atoms with E-state index >= 15 is 0 Å². The van der Waals surface area contributed by atoms with Crippen molar-refractivity contribution in [2.24, 2.45) is 5.73 Å². The molecule has 22 heavy (non-hydrogen) atoms. The topological polar surface area (TPSA) is 91.4 Å². The summed E-state index contributed by atoms with van der Waals surface area (Å²) in [6, 6.07) is 8.70. The molecule has 7 heteroatoms. The van der Waals surface area contributed by atoms with Gasteiger partial charge in [0.1, 0.15) is 11.8 Å². The highest BCUT2D eigenvalue weighted by atomic mass is 16.5. The Morgan fingerprint density at radius 3 is 2.68 bits per heavy atom. The summed E-state index contributed by atoms with van der Waals surface area (Å²) in [5.74, 6) is 0.524. The molecule has 0 aliphatic carbocycles. The van der Waals surface area contributed by atoms with Crippen LogP contribution in [-0.2, 0) is 16.1 Å². The van der Waals surface area contributed by atoms with Crippen LogP contribution in [0.3, 0.4) is 0 Å². The Labute approximate surface area is 129 Å². The first-order chi connectivity index (χ1) is 10.6. The van der Waals surface area contributed by atoms with Crippen LogP contribution in [0.2, 0.25) is 0 Å². The van der Waals surface area contributed by atoms with Gasteiger partial charge in [-0.15, -0.1) is 0 Å². The Kier molecular flexibility index (Phi) is 5.51. The van der Waals surface area contributed by atoms with Gasteiger partial charge in [-0.05, 0) is 30.3 Å². The number of amides is 1. The fraction of sp³-hybridized carbons (Fsp3) is 0.333. The molecule has 2 aromatic rings. The minimum atomic E-state index is -0.673. The van der Waals surface area contributed by atoms with E-state index < -0.39 is 6.04 Å². The zero-order valence-electron chi connectivity index (χ0n) is 12.7. The summed E-state index contributed by atoms with van der Waals surface area (Å²) in [5, 5.41) is 7.13. The summed E-state index contributed by atoms with van der Waals surface area (Å²) in [6.07, 6.45) is 1.83. The molecule has 1 atom stereocenters. The van der Waals surface area contributed by atoms with E-state index in [9.17, 15) is 4.79 Å². The second-order valence-electron chi connectivity index (χ2n) is 4.73. The van der Waals surface area contributed by atoms with Gasteiger partial charge >= 0.3 is 0 Å². The van der Waals surface area contributed by atoms with Crippen molar-refractivity contribution in [3.05, 3.63) is 42.2 Å². The van der Waals surface area contributed by atoms with Crippen LogP contribution in [0.5, 0.6) is 5.75 Å². The van der Waals surface area contributed by atoms with Crippen molar-refractivity contribution in [1.29, 1.82) is 0 Å². The summed E-state index contributed by atoms with van der Waals surface area (Å²) in [7, 11) is 3.13. The highest BCUT2D eigenvalue weighted by Crippen LogP contribution is 2.14. The van der Waals surface area contributed by atoms with E-state index in [1.54, 1.807) is 11.8 Å². The lowest BCUT2D eigenvalue weighted by Crippen LogP contribution is -2.43. The lowest BCUT2D eigenvalue weighted by atomic mass is 10.3. The van der Waals surface area contributed by atoms with Gasteiger partial charge in [-0.2, -0.15) is 5.10 Å². The number of nitrogens with zero attached hydrogens (tertiary/aromatic N) is 2. The average molecular weight is 304 g/mol. The summed E-state index contributed by atoms with van der Waals surface area (Å²) in [4.78, 5) is 11.7. The number of carbonyl (C=O) groups excluding carboxylic acids is 1. The fourth-order valence-corrected chi connectivity index (χ4v) is 1.90. The molecule has 0 bridgehead atoms. The second kappa shape index (κ2) is 7.58. The third kappa shape index (κ3) is 4.06. The average Bonchev–Trinajstić information content (AvgIpc) is 3.02. The van der Waals surface area contributed by atoms with Crippen LogP contribution in [0.4, 0.5) is 0 Å². The second-order valence-corrected chi connectivity index (χ2v) is 4.73. The van der Waals surface area contributed by atoms with E-state index in [-0.39, 0.29) is 12.5 Å². The van der Waals surface area contributed by atoms with Crippen LogP contribution in [0.25, 0.3) is 5.69 Å². The first kappa shape index (κ1) is 16.0. The monoisotopic (exact) mass is 304 g/mol. The summed E-state index contributed by atoms with van der Waals surface area (Å²) in [6.45, 7) is 0.505. The SMILES string of the molecule is COCC(N)C(=O)NCc1ccn(-c2ccc(OC)cc2)n1. The predicted molar refractivity (Wildman–Crippen MR) is 81.8 cm³/mol. The maximum Gasteiger partial charge on any atom is 0.239 e. The molecule has 2 rings (SSSR count). The summed E-state index contributed by atoms with van der Waals surface area (Å²) in [5.41, 5.74) is 7.30. The fourth-order valence-electron chi connectivity index (χ4n) is 1.90. The Balaban J connectivity index is 1.95. The third-order valence-corrected chi connectivity index (χ3v) is 3.11. The van der Waals surface area contributed by atoms with E-state index in [1.807, 2.05) is 36.5 Å². The highest BCUT2D eigenvalue weighted by Gasteiger charge is 2.12. The number of rotatable bonds is 7. The van der Waals surface area contributed by atoms with Gasteiger partial charge in [-0.25, -0.2) is 4.68 Å². The molecule has 1 heterocycles. The molecule has 1 aromatic carbocycles. The van der Waals surface area contributed by atoms with E-state index in [0.29, 0.717) is 6.54 Å². The third-order valence-electron chi connectivity index (χ3n) is 3.11. The quantitative estimate of drug-likeness (QED) is 0.776. The molecule has 0 fully saturated rings. The van der Waals surface area contributed by atoms with Gasteiger partial charge in [0, 0.05) is 13.3 Å². The molecule has 118 valence electrons. The Hall–Kier alpha value is -2.38. The molecule has 0 saturated carbocycles. The summed E-state index contributed by atoms with van der Waals surface area (Å²) < 4.78 is 11.7. The minimum Gasteiger partial charge on any atom is -0.497 e. The first-order valence-corrected chi connectivity index (χ1v) is 6.85. The van der Waals surface area contributed by atoms with Gasteiger partial charge in [0.05, 0.1) is 31.6 Å². The Morgan fingerprint density at radius 2 is 2.05 bits per heavy atom. The van der Waals surface area contributed by atoms with Crippen LogP contribution in [0, 0.1) is 0 Å². The van der Waals surface area contributed by atoms with Crippen molar-refractivity contribution in [1.82, 2.24) is 15.1 Å². The maximum atomic E-state index is 11.7. The largest absolute Gasteiger partial charge is 0.497 e. The molecule has 0 radical (unpaired) electrons. The maximum absolute atomic E-state index is 11.7. The smallest absolute Gasteiger partial charge is 0.239 e. The van der Waals surface area contributed by atoms with Gasteiger partial charge < -0.3 is 20.5 Å². The number of hydrogen-bond acceptors (Lipinski definition) is 5. The van der Waals surface area contributed by atoms with Crippen LogP contribution in [0.1, 0.15) is 5.69 Å². The molecule has 0 spiro atoms. The highest BCUT2D eigenvalue weighted by molar-refractivity contribution is 5.81. The van der Waals surface area contributed by atoms with Gasteiger partial charge in [0.25, 0.3) is 0 Å². The molecular weight excluding hydrogens is 284 g/mol. The lowest BCUT2D eigenvalue weighted by Gasteiger charge is -2.10. The normalized spacial score (nSPS) is 12.0. The number of aromatic nitrogens is 2. The summed E-state index contributed by atoms with van der Waals surface area (Å²) >= 11 is 0. The molecular formula is C15H20N4O3. The van der Waals surface area contributed by atoms with Crippen molar-refractivity contribution in [3.63, 3.8) is 0 Å². The molecule has 0 aliphatic rings. The molecule has 1 amide bonds. The number of carbonyl (C=O) groups is 1. The van der Waals surface area contributed by atoms with Crippen molar-refractivity contribution in [2.45, 2.75) is 12.6 Å². The van der Waals surface area contributed by atoms with Crippen molar-refractivity contribution in [2.75, 3.05) is 20.8 Å². The Bertz CT molecular complexity index is 610.